The summed E-state index contributed by atoms with van der Waals surface area (Å²) >= 11 is 1.16. The summed E-state index contributed by atoms with van der Waals surface area (Å²) in [6.45, 7) is 7.15. The van der Waals surface area contributed by atoms with Gasteiger partial charge in [0.1, 0.15) is 11.4 Å². The van der Waals surface area contributed by atoms with Crippen molar-refractivity contribution in [1.82, 2.24) is 30.0 Å². The Kier molecular flexibility index (Phi) is 10.1. The SMILES string of the molecule is COc1nc(CCN(C)CC(C)c2ccc(-c3c(=O)[nH]c(C)c4[nH]c(=O)c5oncc5c34)cc2)c2[nH]c(=O)c3sc(CF)cc3c2c1-c1ccc(C(C)CN)cc1. The second-order valence-electron chi connectivity index (χ2n) is 14.8. The molecule has 12 nitrogen and oxygen atoms in total. The van der Waals surface area contributed by atoms with Crippen LogP contribution in [0.15, 0.2) is 79.7 Å². The molecule has 0 spiro atoms. The second-order valence-corrected chi connectivity index (χ2v) is 15.9. The number of nitrogens with two attached hydrogens (primary N) is 1. The van der Waals surface area contributed by atoms with E-state index in [4.69, 9.17) is 20.0 Å². The molecule has 0 aliphatic rings. The number of benzene rings is 2. The number of likely N-dealkylation sites (N-methyl/N-ethyl adjacent to an activating group) is 1. The predicted octanol–water partition coefficient (Wildman–Crippen LogP) is 7.27. The lowest BCUT2D eigenvalue weighted by atomic mass is 9.94. The highest BCUT2D eigenvalue weighted by molar-refractivity contribution is 7.19. The van der Waals surface area contributed by atoms with Crippen LogP contribution in [0.3, 0.4) is 0 Å². The minimum Gasteiger partial charge on any atom is -0.481 e. The fourth-order valence-corrected chi connectivity index (χ4v) is 8.78. The molecule has 57 heavy (non-hydrogen) atoms. The van der Waals surface area contributed by atoms with E-state index in [1.54, 1.807) is 20.1 Å². The smallest absolute Gasteiger partial charge is 0.294 e. The van der Waals surface area contributed by atoms with Crippen molar-refractivity contribution in [2.45, 2.75) is 45.7 Å². The van der Waals surface area contributed by atoms with Crippen LogP contribution in [0.25, 0.3) is 65.1 Å². The fourth-order valence-electron chi connectivity index (χ4n) is 7.87. The number of nitrogens with one attached hydrogen (secondary N) is 3. The van der Waals surface area contributed by atoms with E-state index in [9.17, 15) is 18.8 Å². The summed E-state index contributed by atoms with van der Waals surface area (Å²) in [6, 6.07) is 17.7. The molecule has 6 aromatic heterocycles. The zero-order valence-electron chi connectivity index (χ0n) is 32.2. The van der Waals surface area contributed by atoms with Gasteiger partial charge in [-0.25, -0.2) is 9.37 Å². The summed E-state index contributed by atoms with van der Waals surface area (Å²) in [5.41, 5.74) is 12.3. The number of halogens is 1. The first-order valence-electron chi connectivity index (χ1n) is 18.7. The lowest BCUT2D eigenvalue weighted by Crippen LogP contribution is -2.26. The molecule has 8 aromatic rings. The number of methoxy groups -OCH3 is 1. The molecular formula is C43H42FN7O5S. The number of aromatic nitrogens is 5. The number of fused-ring (bicyclic) bond motifs is 6. The Morgan fingerprint density at radius 1 is 0.877 bits per heavy atom. The highest BCUT2D eigenvalue weighted by atomic mass is 32.1. The number of H-pyrrole nitrogens is 3. The minimum atomic E-state index is -0.669. The molecule has 0 saturated carbocycles. The Hall–Kier alpha value is -5.96. The van der Waals surface area contributed by atoms with E-state index in [1.165, 1.54) is 6.20 Å². The van der Waals surface area contributed by atoms with Gasteiger partial charge in [-0.2, -0.15) is 0 Å². The molecular weight excluding hydrogens is 746 g/mol. The van der Waals surface area contributed by atoms with Gasteiger partial charge in [0.05, 0.1) is 46.5 Å². The maximum atomic E-state index is 14.0. The van der Waals surface area contributed by atoms with Gasteiger partial charge >= 0.3 is 0 Å². The number of nitrogens with zero attached hydrogens (tertiary/aromatic N) is 3. The van der Waals surface area contributed by atoms with Crippen molar-refractivity contribution < 1.29 is 13.7 Å². The van der Waals surface area contributed by atoms with Crippen molar-refractivity contribution in [2.75, 3.05) is 33.8 Å². The van der Waals surface area contributed by atoms with E-state index in [0.717, 1.165) is 39.0 Å². The number of aromatic amines is 3. The third-order valence-electron chi connectivity index (χ3n) is 11.0. The van der Waals surface area contributed by atoms with E-state index in [-0.39, 0.29) is 28.5 Å². The monoisotopic (exact) mass is 787 g/mol. The molecule has 0 fully saturated rings. The van der Waals surface area contributed by atoms with Crippen molar-refractivity contribution in [1.29, 1.82) is 0 Å². The van der Waals surface area contributed by atoms with Crippen LogP contribution in [-0.2, 0) is 13.1 Å². The normalized spacial score (nSPS) is 13.1. The van der Waals surface area contributed by atoms with Gasteiger partial charge in [-0.05, 0) is 60.7 Å². The van der Waals surface area contributed by atoms with Crippen LogP contribution in [-0.4, -0.2) is 63.8 Å². The van der Waals surface area contributed by atoms with E-state index >= 15 is 0 Å². The van der Waals surface area contributed by atoms with Gasteiger partial charge in [0, 0.05) is 46.2 Å². The lowest BCUT2D eigenvalue weighted by Gasteiger charge is -2.22. The molecule has 2 atom stereocenters. The van der Waals surface area contributed by atoms with E-state index in [2.05, 4.69) is 38.9 Å². The molecule has 2 unspecified atom stereocenters. The van der Waals surface area contributed by atoms with Crippen LogP contribution < -0.4 is 27.1 Å². The summed E-state index contributed by atoms with van der Waals surface area (Å²) in [6.07, 6.45) is 1.97. The average molecular weight is 788 g/mol. The molecule has 8 rings (SSSR count). The maximum absolute atomic E-state index is 14.0. The number of pyridine rings is 4. The minimum absolute atomic E-state index is 0.0692. The van der Waals surface area contributed by atoms with Gasteiger partial charge < -0.3 is 34.8 Å². The van der Waals surface area contributed by atoms with Crippen LogP contribution in [0.2, 0.25) is 0 Å². The second kappa shape index (κ2) is 15.2. The topological polar surface area (TPSA) is 176 Å². The Morgan fingerprint density at radius 3 is 2.19 bits per heavy atom. The van der Waals surface area contributed by atoms with Gasteiger partial charge in [-0.3, -0.25) is 14.4 Å². The summed E-state index contributed by atoms with van der Waals surface area (Å²) < 4.78 is 25.6. The first kappa shape index (κ1) is 37.9. The molecule has 5 N–H and O–H groups in total. The van der Waals surface area contributed by atoms with E-state index in [0.29, 0.717) is 91.2 Å². The number of hydrogen-bond acceptors (Lipinski definition) is 10. The van der Waals surface area contributed by atoms with Gasteiger partial charge in [-0.15, -0.1) is 11.3 Å². The third kappa shape index (κ3) is 6.73. The van der Waals surface area contributed by atoms with Crippen LogP contribution in [0.5, 0.6) is 5.88 Å². The largest absolute Gasteiger partial charge is 0.481 e. The molecule has 2 aromatic carbocycles. The average Bonchev–Trinajstić information content (AvgIpc) is 3.90. The van der Waals surface area contributed by atoms with Gasteiger partial charge in [0.2, 0.25) is 11.5 Å². The summed E-state index contributed by atoms with van der Waals surface area (Å²) in [5, 5.41) is 6.33. The zero-order valence-corrected chi connectivity index (χ0v) is 33.0. The van der Waals surface area contributed by atoms with E-state index < -0.39 is 12.2 Å². The predicted molar refractivity (Wildman–Crippen MR) is 225 cm³/mol. The van der Waals surface area contributed by atoms with E-state index in [1.807, 2.05) is 55.6 Å². The standard InChI is InChI=1S/C43H42FN7O5S/c1-21(18-45)24-6-12-27(13-7-24)33-34-29-16-28(17-44)57-39(29)42(54)50-37(34)31(48-43(33)55-5)14-15-51(4)20-22(2)25-8-10-26(11-9-25)32-35-30-19-46-56-38(30)41(53)49-36(35)23(3)47-40(32)52/h6-13,16,19,21-22H,14-15,17-18,20,45H2,1-5H3,(H,47,52)(H,49,53)(H,50,54). The first-order chi connectivity index (χ1) is 27.5. The van der Waals surface area contributed by atoms with Crippen molar-refractivity contribution in [3.05, 3.63) is 119 Å². The van der Waals surface area contributed by atoms with Gasteiger partial charge in [0.25, 0.3) is 16.7 Å². The van der Waals surface area contributed by atoms with Gasteiger partial charge in [0.15, 0.2) is 0 Å². The van der Waals surface area contributed by atoms with Crippen LogP contribution in [0.1, 0.15) is 53.1 Å². The Balaban J connectivity index is 1.08. The Bertz CT molecular complexity index is 2980. The Labute approximate surface area is 329 Å². The van der Waals surface area contributed by atoms with Crippen molar-refractivity contribution in [3.63, 3.8) is 0 Å². The molecule has 0 aliphatic heterocycles. The molecule has 0 saturated heterocycles. The molecule has 0 aliphatic carbocycles. The number of alkyl halides is 1. The number of rotatable bonds is 12. The molecule has 0 amide bonds. The molecule has 14 heteroatoms. The lowest BCUT2D eigenvalue weighted by molar-refractivity contribution is 0.319. The van der Waals surface area contributed by atoms with Crippen LogP contribution in [0.4, 0.5) is 4.39 Å². The number of hydrogen-bond donors (Lipinski definition) is 4. The number of thiophene rings is 1. The van der Waals surface area contributed by atoms with Crippen molar-refractivity contribution in [2.24, 2.45) is 5.73 Å². The summed E-state index contributed by atoms with van der Waals surface area (Å²) in [5.74, 6) is 0.732. The molecule has 292 valence electrons. The third-order valence-corrected chi connectivity index (χ3v) is 12.1. The summed E-state index contributed by atoms with van der Waals surface area (Å²) in [4.78, 5) is 55.9. The number of aryl methyl sites for hydroxylation is 1. The first-order valence-corrected chi connectivity index (χ1v) is 19.6. The zero-order chi connectivity index (χ0) is 40.1. The Morgan fingerprint density at radius 2 is 1.53 bits per heavy atom. The summed E-state index contributed by atoms with van der Waals surface area (Å²) in [7, 11) is 3.63. The molecule has 0 radical (unpaired) electrons. The number of ether oxygens (including phenoxy) is 1. The molecule has 0 bridgehead atoms. The van der Waals surface area contributed by atoms with Crippen molar-refractivity contribution >= 4 is 54.2 Å². The fraction of sp³-hybridized carbons (Fsp3) is 0.279. The maximum Gasteiger partial charge on any atom is 0.294 e. The van der Waals surface area contributed by atoms with Gasteiger partial charge in [-0.1, -0.05) is 67.5 Å². The van der Waals surface area contributed by atoms with Crippen LogP contribution in [0, 0.1) is 6.92 Å². The highest BCUT2D eigenvalue weighted by Crippen LogP contribution is 2.42. The van der Waals surface area contributed by atoms with Crippen molar-refractivity contribution in [3.8, 4) is 28.1 Å². The van der Waals surface area contributed by atoms with Crippen LogP contribution >= 0.6 is 11.3 Å². The molecule has 6 heterocycles. The highest BCUT2D eigenvalue weighted by Gasteiger charge is 2.23. The quantitative estimate of drug-likeness (QED) is 0.0992.